The van der Waals surface area contributed by atoms with E-state index in [1.54, 1.807) is 7.11 Å². The van der Waals surface area contributed by atoms with Crippen molar-refractivity contribution in [1.82, 2.24) is 9.97 Å². The lowest BCUT2D eigenvalue weighted by Crippen LogP contribution is -2.34. The molecule has 18 heavy (non-hydrogen) atoms. The number of aliphatic carboxylic acids is 1. The van der Waals surface area contributed by atoms with Crippen LogP contribution in [0.25, 0.3) is 0 Å². The third kappa shape index (κ3) is 1.98. The minimum absolute atomic E-state index is 0.0687. The first-order chi connectivity index (χ1) is 8.56. The molecule has 1 aliphatic rings. The molecule has 0 spiro atoms. The standard InChI is InChI=1S/C12H17N3O3/c1-7-10(13-6-14-11(7)18-3)15-5-4-9(8(15)2)12(16)17/h6,8-9H,4-5H2,1-3H3,(H,16,17). The van der Waals surface area contributed by atoms with Gasteiger partial charge in [-0.25, -0.2) is 9.97 Å². The highest BCUT2D eigenvalue weighted by Gasteiger charge is 2.37. The molecular weight excluding hydrogens is 234 g/mol. The van der Waals surface area contributed by atoms with Crippen molar-refractivity contribution in [2.45, 2.75) is 26.3 Å². The van der Waals surface area contributed by atoms with Crippen molar-refractivity contribution in [3.63, 3.8) is 0 Å². The quantitative estimate of drug-likeness (QED) is 0.866. The Kier molecular flexibility index (Phi) is 3.36. The molecule has 0 saturated carbocycles. The summed E-state index contributed by atoms with van der Waals surface area (Å²) in [4.78, 5) is 21.4. The van der Waals surface area contributed by atoms with E-state index in [-0.39, 0.29) is 12.0 Å². The van der Waals surface area contributed by atoms with Gasteiger partial charge in [-0.2, -0.15) is 0 Å². The molecule has 1 aromatic rings. The Morgan fingerprint density at radius 1 is 1.56 bits per heavy atom. The topological polar surface area (TPSA) is 75.6 Å². The van der Waals surface area contributed by atoms with Crippen molar-refractivity contribution in [3.05, 3.63) is 11.9 Å². The van der Waals surface area contributed by atoms with Gasteiger partial charge in [-0.1, -0.05) is 0 Å². The zero-order valence-electron chi connectivity index (χ0n) is 10.8. The molecule has 0 aromatic carbocycles. The normalized spacial score (nSPS) is 23.2. The summed E-state index contributed by atoms with van der Waals surface area (Å²) < 4.78 is 5.16. The number of anilines is 1. The highest BCUT2D eigenvalue weighted by molar-refractivity contribution is 5.73. The van der Waals surface area contributed by atoms with Gasteiger partial charge in [-0.05, 0) is 20.3 Å². The molecule has 6 heteroatoms. The van der Waals surface area contributed by atoms with E-state index in [0.717, 1.165) is 11.4 Å². The zero-order chi connectivity index (χ0) is 13.3. The Bertz CT molecular complexity index is 464. The Hall–Kier alpha value is -1.85. The Balaban J connectivity index is 2.31. The summed E-state index contributed by atoms with van der Waals surface area (Å²) in [7, 11) is 1.56. The smallest absolute Gasteiger partial charge is 0.308 e. The van der Waals surface area contributed by atoms with Crippen LogP contribution >= 0.6 is 0 Å². The van der Waals surface area contributed by atoms with E-state index >= 15 is 0 Å². The van der Waals surface area contributed by atoms with E-state index in [2.05, 4.69) is 9.97 Å². The molecule has 1 saturated heterocycles. The molecule has 0 bridgehead atoms. The molecule has 98 valence electrons. The number of nitrogens with zero attached hydrogens (tertiary/aromatic N) is 3. The molecule has 2 atom stereocenters. The van der Waals surface area contributed by atoms with Crippen LogP contribution in [0.15, 0.2) is 6.33 Å². The van der Waals surface area contributed by atoms with E-state index in [9.17, 15) is 4.79 Å². The molecule has 2 unspecified atom stereocenters. The van der Waals surface area contributed by atoms with Crippen LogP contribution in [0.5, 0.6) is 5.88 Å². The fourth-order valence-electron chi connectivity index (χ4n) is 2.49. The van der Waals surface area contributed by atoms with Crippen molar-refractivity contribution in [1.29, 1.82) is 0 Å². The maximum atomic E-state index is 11.1. The minimum Gasteiger partial charge on any atom is -0.481 e. The molecule has 1 aliphatic heterocycles. The first kappa shape index (κ1) is 12.6. The van der Waals surface area contributed by atoms with Crippen LogP contribution in [0.2, 0.25) is 0 Å². The number of ether oxygens (including phenoxy) is 1. The van der Waals surface area contributed by atoms with E-state index < -0.39 is 5.97 Å². The van der Waals surface area contributed by atoms with Crippen molar-refractivity contribution in [2.75, 3.05) is 18.6 Å². The van der Waals surface area contributed by atoms with E-state index in [1.807, 2.05) is 18.7 Å². The summed E-state index contributed by atoms with van der Waals surface area (Å²) in [6, 6.07) is -0.0687. The number of carbonyl (C=O) groups is 1. The van der Waals surface area contributed by atoms with Crippen molar-refractivity contribution < 1.29 is 14.6 Å². The van der Waals surface area contributed by atoms with Crippen LogP contribution in [0, 0.1) is 12.8 Å². The molecule has 1 N–H and O–H groups in total. The second kappa shape index (κ2) is 4.80. The zero-order valence-corrected chi connectivity index (χ0v) is 10.8. The average molecular weight is 251 g/mol. The highest BCUT2D eigenvalue weighted by Crippen LogP contribution is 2.32. The van der Waals surface area contributed by atoms with Gasteiger partial charge in [0.1, 0.15) is 12.1 Å². The van der Waals surface area contributed by atoms with Crippen molar-refractivity contribution >= 4 is 11.8 Å². The van der Waals surface area contributed by atoms with Gasteiger partial charge in [0, 0.05) is 12.6 Å². The molecule has 6 nitrogen and oxygen atoms in total. The van der Waals surface area contributed by atoms with E-state index in [1.165, 1.54) is 6.33 Å². The van der Waals surface area contributed by atoms with E-state index in [0.29, 0.717) is 18.8 Å². The van der Waals surface area contributed by atoms with Gasteiger partial charge in [0.2, 0.25) is 5.88 Å². The van der Waals surface area contributed by atoms with Crippen LogP contribution in [-0.4, -0.2) is 40.7 Å². The van der Waals surface area contributed by atoms with Crippen LogP contribution in [0.3, 0.4) is 0 Å². The van der Waals surface area contributed by atoms with Crippen molar-refractivity contribution in [3.8, 4) is 5.88 Å². The lowest BCUT2D eigenvalue weighted by molar-refractivity contribution is -0.141. The van der Waals surface area contributed by atoms with Gasteiger partial charge in [-0.15, -0.1) is 0 Å². The molecular formula is C12H17N3O3. The molecule has 0 amide bonds. The van der Waals surface area contributed by atoms with E-state index in [4.69, 9.17) is 9.84 Å². The molecule has 1 aromatic heterocycles. The molecule has 0 radical (unpaired) electrons. The Labute approximate surface area is 106 Å². The first-order valence-electron chi connectivity index (χ1n) is 5.91. The van der Waals surface area contributed by atoms with Gasteiger partial charge >= 0.3 is 5.97 Å². The van der Waals surface area contributed by atoms with Crippen LogP contribution in [-0.2, 0) is 4.79 Å². The number of rotatable bonds is 3. The third-order valence-corrected chi connectivity index (χ3v) is 3.55. The van der Waals surface area contributed by atoms with Crippen LogP contribution in [0.4, 0.5) is 5.82 Å². The minimum atomic E-state index is -0.747. The molecule has 2 heterocycles. The molecule has 1 fully saturated rings. The lowest BCUT2D eigenvalue weighted by atomic mass is 10.0. The summed E-state index contributed by atoms with van der Waals surface area (Å²) in [6.45, 7) is 4.49. The highest BCUT2D eigenvalue weighted by atomic mass is 16.5. The number of carboxylic acid groups (broad SMARTS) is 1. The SMILES string of the molecule is COc1ncnc(N2CCC(C(=O)O)C2C)c1C. The molecule has 2 rings (SSSR count). The van der Waals surface area contributed by atoms with Gasteiger partial charge in [-0.3, -0.25) is 4.79 Å². The predicted octanol–water partition coefficient (Wildman–Crippen LogP) is 1.09. The van der Waals surface area contributed by atoms with Gasteiger partial charge in [0.15, 0.2) is 0 Å². The van der Waals surface area contributed by atoms with Crippen LogP contribution in [0.1, 0.15) is 18.9 Å². The number of methoxy groups -OCH3 is 1. The number of aromatic nitrogens is 2. The lowest BCUT2D eigenvalue weighted by Gasteiger charge is -2.25. The van der Waals surface area contributed by atoms with Gasteiger partial charge in [0.05, 0.1) is 18.6 Å². The van der Waals surface area contributed by atoms with Crippen molar-refractivity contribution in [2.24, 2.45) is 5.92 Å². The first-order valence-corrected chi connectivity index (χ1v) is 5.91. The Morgan fingerprint density at radius 3 is 2.83 bits per heavy atom. The Morgan fingerprint density at radius 2 is 2.28 bits per heavy atom. The summed E-state index contributed by atoms with van der Waals surface area (Å²) in [5, 5.41) is 9.13. The largest absolute Gasteiger partial charge is 0.481 e. The predicted molar refractivity (Wildman–Crippen MR) is 65.9 cm³/mol. The fourth-order valence-corrected chi connectivity index (χ4v) is 2.49. The summed E-state index contributed by atoms with van der Waals surface area (Å²) in [6.07, 6.45) is 2.09. The number of carboxylic acids is 1. The number of hydrogen-bond acceptors (Lipinski definition) is 5. The van der Waals surface area contributed by atoms with Crippen LogP contribution < -0.4 is 9.64 Å². The number of hydrogen-bond donors (Lipinski definition) is 1. The second-order valence-corrected chi connectivity index (χ2v) is 4.50. The molecule has 0 aliphatic carbocycles. The van der Waals surface area contributed by atoms with Gasteiger partial charge in [0.25, 0.3) is 0 Å². The average Bonchev–Trinajstić information content (AvgIpc) is 2.71. The monoisotopic (exact) mass is 251 g/mol. The van der Waals surface area contributed by atoms with Gasteiger partial charge < -0.3 is 14.7 Å². The summed E-state index contributed by atoms with van der Waals surface area (Å²) in [5.74, 6) is 0.207. The second-order valence-electron chi connectivity index (χ2n) is 4.50. The maximum absolute atomic E-state index is 11.1. The third-order valence-electron chi connectivity index (χ3n) is 3.55. The summed E-state index contributed by atoms with van der Waals surface area (Å²) in [5.41, 5.74) is 0.845. The maximum Gasteiger partial charge on any atom is 0.308 e. The summed E-state index contributed by atoms with van der Waals surface area (Å²) >= 11 is 0. The fraction of sp³-hybridized carbons (Fsp3) is 0.583.